The zero-order valence-corrected chi connectivity index (χ0v) is 8.77. The lowest BCUT2D eigenvalue weighted by Crippen LogP contribution is -2.20. The molecule has 0 bridgehead atoms. The Morgan fingerprint density at radius 3 is 1.62 bits per heavy atom. The molecule has 3 nitrogen and oxygen atoms in total. The van der Waals surface area contributed by atoms with Crippen molar-refractivity contribution >= 4 is 0 Å². The number of hydrogen-bond acceptors (Lipinski definition) is 3. The van der Waals surface area contributed by atoms with Crippen molar-refractivity contribution in [3.05, 3.63) is 12.7 Å². The van der Waals surface area contributed by atoms with Crippen LogP contribution in [-0.2, 0) is 0 Å². The normalized spacial score (nSPS) is 16.5. The highest BCUT2D eigenvalue weighted by molar-refractivity contribution is 4.75. The molecule has 0 aromatic carbocycles. The number of hydrogen-bond donors (Lipinski definition) is 3. The summed E-state index contributed by atoms with van der Waals surface area (Å²) >= 11 is 0. The Hall–Kier alpha value is -0.380. The summed E-state index contributed by atoms with van der Waals surface area (Å²) in [5.41, 5.74) is 0. The Bertz CT molecular complexity index is 113. The van der Waals surface area contributed by atoms with Gasteiger partial charge in [-0.15, -0.1) is 6.58 Å². The maximum absolute atomic E-state index is 8.69. The molecule has 0 spiro atoms. The van der Waals surface area contributed by atoms with Gasteiger partial charge in [-0.1, -0.05) is 19.9 Å². The van der Waals surface area contributed by atoms with Crippen LogP contribution < -0.4 is 0 Å². The summed E-state index contributed by atoms with van der Waals surface area (Å²) in [5.74, 6) is 0. The Labute approximate surface area is 80.7 Å². The SMILES string of the molecule is C=CC(O)CC.CCC(O)C(C)O. The second kappa shape index (κ2) is 9.71. The van der Waals surface area contributed by atoms with E-state index in [0.717, 1.165) is 6.42 Å². The van der Waals surface area contributed by atoms with Gasteiger partial charge in [0.05, 0.1) is 18.3 Å². The zero-order valence-electron chi connectivity index (χ0n) is 8.77. The summed E-state index contributed by atoms with van der Waals surface area (Å²) in [6, 6.07) is 0. The zero-order chi connectivity index (χ0) is 10.9. The Balaban J connectivity index is 0. The van der Waals surface area contributed by atoms with Gasteiger partial charge in [0, 0.05) is 0 Å². The molecule has 0 saturated carbocycles. The maximum atomic E-state index is 8.69. The van der Waals surface area contributed by atoms with E-state index in [4.69, 9.17) is 15.3 Å². The van der Waals surface area contributed by atoms with E-state index in [1.807, 2.05) is 13.8 Å². The lowest BCUT2D eigenvalue weighted by molar-refractivity contribution is 0.0294. The van der Waals surface area contributed by atoms with Gasteiger partial charge in [-0.2, -0.15) is 0 Å². The van der Waals surface area contributed by atoms with Gasteiger partial charge < -0.3 is 15.3 Å². The van der Waals surface area contributed by atoms with E-state index in [0.29, 0.717) is 6.42 Å². The summed E-state index contributed by atoms with van der Waals surface area (Å²) < 4.78 is 0. The molecule has 3 atom stereocenters. The molecule has 0 aliphatic carbocycles. The predicted molar refractivity (Wildman–Crippen MR) is 54.5 cm³/mol. The topological polar surface area (TPSA) is 60.7 Å². The largest absolute Gasteiger partial charge is 0.391 e. The van der Waals surface area contributed by atoms with Crippen molar-refractivity contribution in [3.8, 4) is 0 Å². The van der Waals surface area contributed by atoms with E-state index in [1.54, 1.807) is 6.92 Å². The molecular weight excluding hydrogens is 168 g/mol. The first-order valence-electron chi connectivity index (χ1n) is 4.66. The van der Waals surface area contributed by atoms with Gasteiger partial charge >= 0.3 is 0 Å². The molecule has 0 aliphatic rings. The van der Waals surface area contributed by atoms with E-state index >= 15 is 0 Å². The highest BCUT2D eigenvalue weighted by Crippen LogP contribution is 1.94. The van der Waals surface area contributed by atoms with Crippen molar-refractivity contribution in [1.29, 1.82) is 0 Å². The molecular formula is C10H22O3. The van der Waals surface area contributed by atoms with Crippen molar-refractivity contribution in [2.24, 2.45) is 0 Å². The van der Waals surface area contributed by atoms with Gasteiger partial charge in [-0.05, 0) is 19.8 Å². The lowest BCUT2D eigenvalue weighted by atomic mass is 10.2. The fourth-order valence-corrected chi connectivity index (χ4v) is 0.508. The van der Waals surface area contributed by atoms with Crippen LogP contribution >= 0.6 is 0 Å². The van der Waals surface area contributed by atoms with Crippen molar-refractivity contribution in [2.45, 2.75) is 51.9 Å². The fourth-order valence-electron chi connectivity index (χ4n) is 0.508. The van der Waals surface area contributed by atoms with Gasteiger partial charge in [0.15, 0.2) is 0 Å². The van der Waals surface area contributed by atoms with Crippen LogP contribution in [0.3, 0.4) is 0 Å². The quantitative estimate of drug-likeness (QED) is 0.581. The summed E-state index contributed by atoms with van der Waals surface area (Å²) in [7, 11) is 0. The van der Waals surface area contributed by atoms with E-state index in [2.05, 4.69) is 6.58 Å². The summed E-state index contributed by atoms with van der Waals surface area (Å²) in [6.07, 6.45) is 1.50. The van der Waals surface area contributed by atoms with Gasteiger partial charge in [-0.25, -0.2) is 0 Å². The average molecular weight is 190 g/mol. The molecule has 0 amide bonds. The van der Waals surface area contributed by atoms with Crippen molar-refractivity contribution in [3.63, 3.8) is 0 Å². The number of aliphatic hydroxyl groups is 3. The monoisotopic (exact) mass is 190 g/mol. The van der Waals surface area contributed by atoms with Crippen LogP contribution in [0.5, 0.6) is 0 Å². The van der Waals surface area contributed by atoms with Crippen molar-refractivity contribution < 1.29 is 15.3 Å². The first-order chi connectivity index (χ1) is 5.99. The van der Waals surface area contributed by atoms with Gasteiger partial charge in [0.25, 0.3) is 0 Å². The number of rotatable bonds is 4. The highest BCUT2D eigenvalue weighted by Gasteiger charge is 2.05. The van der Waals surface area contributed by atoms with Gasteiger partial charge in [0.1, 0.15) is 0 Å². The first kappa shape index (κ1) is 15.1. The highest BCUT2D eigenvalue weighted by atomic mass is 16.3. The molecule has 0 heterocycles. The Kier molecular flexibility index (Phi) is 11.3. The third-order valence-electron chi connectivity index (χ3n) is 1.67. The van der Waals surface area contributed by atoms with Crippen LogP contribution in [0.4, 0.5) is 0 Å². The minimum absolute atomic E-state index is 0.301. The third-order valence-corrected chi connectivity index (χ3v) is 1.67. The van der Waals surface area contributed by atoms with E-state index in [-0.39, 0.29) is 6.10 Å². The number of aliphatic hydroxyl groups excluding tert-OH is 3. The molecule has 3 N–H and O–H groups in total. The average Bonchev–Trinajstić information content (AvgIpc) is 2.16. The summed E-state index contributed by atoms with van der Waals surface area (Å²) in [5, 5.41) is 25.8. The molecule has 3 unspecified atom stereocenters. The van der Waals surface area contributed by atoms with Crippen LogP contribution in [0.1, 0.15) is 33.6 Å². The minimum Gasteiger partial charge on any atom is -0.391 e. The lowest BCUT2D eigenvalue weighted by Gasteiger charge is -2.08. The second-order valence-corrected chi connectivity index (χ2v) is 2.93. The van der Waals surface area contributed by atoms with Gasteiger partial charge in [0.2, 0.25) is 0 Å². The second-order valence-electron chi connectivity index (χ2n) is 2.93. The Morgan fingerprint density at radius 2 is 1.62 bits per heavy atom. The first-order valence-corrected chi connectivity index (χ1v) is 4.66. The van der Waals surface area contributed by atoms with E-state index in [1.165, 1.54) is 6.08 Å². The molecule has 13 heavy (non-hydrogen) atoms. The van der Waals surface area contributed by atoms with Crippen LogP contribution in [0.15, 0.2) is 12.7 Å². The van der Waals surface area contributed by atoms with Crippen molar-refractivity contribution in [2.75, 3.05) is 0 Å². The summed E-state index contributed by atoms with van der Waals surface area (Å²) in [6.45, 7) is 8.70. The molecule has 0 aromatic rings. The molecule has 3 heteroatoms. The van der Waals surface area contributed by atoms with Crippen LogP contribution in [-0.4, -0.2) is 33.6 Å². The third kappa shape index (κ3) is 11.6. The minimum atomic E-state index is -0.579. The van der Waals surface area contributed by atoms with Gasteiger partial charge in [-0.3, -0.25) is 0 Å². The van der Waals surface area contributed by atoms with Crippen LogP contribution in [0.25, 0.3) is 0 Å². The van der Waals surface area contributed by atoms with Crippen LogP contribution in [0, 0.1) is 0 Å². The Morgan fingerprint density at radius 1 is 1.15 bits per heavy atom. The molecule has 0 aliphatic heterocycles. The maximum Gasteiger partial charge on any atom is 0.0793 e. The molecule has 0 radical (unpaired) electrons. The molecule has 0 aromatic heterocycles. The fraction of sp³-hybridized carbons (Fsp3) is 0.800. The molecule has 80 valence electrons. The van der Waals surface area contributed by atoms with Crippen molar-refractivity contribution in [1.82, 2.24) is 0 Å². The molecule has 0 rings (SSSR count). The van der Waals surface area contributed by atoms with Crippen LogP contribution in [0.2, 0.25) is 0 Å². The molecule has 0 fully saturated rings. The summed E-state index contributed by atoms with van der Waals surface area (Å²) in [4.78, 5) is 0. The molecule has 0 saturated heterocycles. The van der Waals surface area contributed by atoms with E-state index < -0.39 is 12.2 Å². The standard InChI is InChI=1S/C5H12O2.C5H10O/c1-3-5(7)4(2)6;1-3-5(6)4-2/h4-7H,3H2,1-2H3;3,5-6H,1,4H2,2H3. The predicted octanol–water partition coefficient (Wildman–Crippen LogP) is 1.08. The van der Waals surface area contributed by atoms with E-state index in [9.17, 15) is 0 Å². The smallest absolute Gasteiger partial charge is 0.0793 e.